The van der Waals surface area contributed by atoms with Crippen molar-refractivity contribution in [3.63, 3.8) is 0 Å². The highest BCUT2D eigenvalue weighted by atomic mass is 19.2. The number of rotatable bonds is 4. The lowest BCUT2D eigenvalue weighted by Gasteiger charge is -2.09. The molecule has 0 aliphatic heterocycles. The molecule has 0 bridgehead atoms. The van der Waals surface area contributed by atoms with Crippen LogP contribution < -0.4 is 10.6 Å². The highest BCUT2D eigenvalue weighted by Gasteiger charge is 2.14. The lowest BCUT2D eigenvalue weighted by Crippen LogP contribution is -2.13. The second-order valence-corrected chi connectivity index (χ2v) is 5.36. The van der Waals surface area contributed by atoms with Gasteiger partial charge in [0, 0.05) is 5.56 Å². The molecule has 1 amide bonds. The van der Waals surface area contributed by atoms with Crippen molar-refractivity contribution in [3.8, 4) is 0 Å². The van der Waals surface area contributed by atoms with Gasteiger partial charge in [0.1, 0.15) is 5.82 Å². The van der Waals surface area contributed by atoms with Crippen molar-refractivity contribution in [2.75, 3.05) is 10.6 Å². The fraction of sp³-hybridized carbons (Fsp3) is 0. The van der Waals surface area contributed by atoms with Gasteiger partial charge in [-0.25, -0.2) is 26.9 Å². The summed E-state index contributed by atoms with van der Waals surface area (Å²) in [6.07, 6.45) is 1.21. The standard InChI is InChI=1S/C18H10F5N3O/c19-11-3-1-9(7-13(11)21)18(27)26-15-6-2-10(8-24-15)25-14-5-4-12(20)16(22)17(14)23/h1-8,25H,(H,24,26,27). The number of hydrogen-bond donors (Lipinski definition) is 2. The Balaban J connectivity index is 1.71. The number of nitrogens with zero attached hydrogens (tertiary/aromatic N) is 1. The van der Waals surface area contributed by atoms with Gasteiger partial charge in [0.05, 0.1) is 17.6 Å². The summed E-state index contributed by atoms with van der Waals surface area (Å²) < 4.78 is 65.8. The number of aromatic nitrogens is 1. The molecule has 0 atom stereocenters. The summed E-state index contributed by atoms with van der Waals surface area (Å²) in [5.41, 5.74) is -0.165. The van der Waals surface area contributed by atoms with Gasteiger partial charge in [0.2, 0.25) is 0 Å². The lowest BCUT2D eigenvalue weighted by atomic mass is 10.2. The third-order valence-electron chi connectivity index (χ3n) is 3.50. The van der Waals surface area contributed by atoms with Gasteiger partial charge in [-0.15, -0.1) is 0 Å². The molecule has 3 rings (SSSR count). The van der Waals surface area contributed by atoms with Crippen molar-refractivity contribution in [1.82, 2.24) is 4.98 Å². The van der Waals surface area contributed by atoms with Crippen LogP contribution in [0.25, 0.3) is 0 Å². The number of carbonyl (C=O) groups is 1. The predicted octanol–water partition coefficient (Wildman–Crippen LogP) is 4.77. The van der Waals surface area contributed by atoms with Gasteiger partial charge in [-0.1, -0.05) is 0 Å². The van der Waals surface area contributed by atoms with Crippen LogP contribution in [0.1, 0.15) is 10.4 Å². The van der Waals surface area contributed by atoms with Crippen molar-refractivity contribution in [2.45, 2.75) is 0 Å². The number of halogens is 5. The molecule has 3 aromatic rings. The van der Waals surface area contributed by atoms with Crippen LogP contribution in [-0.2, 0) is 0 Å². The van der Waals surface area contributed by atoms with Crippen LogP contribution in [0.2, 0.25) is 0 Å². The van der Waals surface area contributed by atoms with E-state index in [0.29, 0.717) is 0 Å². The Morgan fingerprint density at radius 3 is 2.22 bits per heavy atom. The molecule has 2 aromatic carbocycles. The van der Waals surface area contributed by atoms with Crippen LogP contribution in [0.15, 0.2) is 48.7 Å². The quantitative estimate of drug-likeness (QED) is 0.507. The Kier molecular flexibility index (Phi) is 5.02. The summed E-state index contributed by atoms with van der Waals surface area (Å²) >= 11 is 0. The Morgan fingerprint density at radius 1 is 0.815 bits per heavy atom. The van der Waals surface area contributed by atoms with Crippen LogP contribution >= 0.6 is 0 Å². The van der Waals surface area contributed by atoms with Gasteiger partial charge < -0.3 is 10.6 Å². The topological polar surface area (TPSA) is 54.0 Å². The van der Waals surface area contributed by atoms with Gasteiger partial charge in [0.15, 0.2) is 29.1 Å². The first kappa shape index (κ1) is 18.3. The van der Waals surface area contributed by atoms with E-state index in [4.69, 9.17) is 0 Å². The monoisotopic (exact) mass is 379 g/mol. The third kappa shape index (κ3) is 4.02. The molecule has 0 radical (unpaired) electrons. The van der Waals surface area contributed by atoms with Crippen molar-refractivity contribution in [1.29, 1.82) is 0 Å². The largest absolute Gasteiger partial charge is 0.352 e. The normalized spacial score (nSPS) is 10.6. The molecule has 1 heterocycles. The lowest BCUT2D eigenvalue weighted by molar-refractivity contribution is 0.102. The summed E-state index contributed by atoms with van der Waals surface area (Å²) in [6, 6.07) is 7.20. The Bertz CT molecular complexity index is 1010. The molecule has 27 heavy (non-hydrogen) atoms. The molecule has 0 fully saturated rings. The zero-order chi connectivity index (χ0) is 19.6. The van der Waals surface area contributed by atoms with E-state index in [9.17, 15) is 26.7 Å². The molecule has 0 saturated heterocycles. The summed E-state index contributed by atoms with van der Waals surface area (Å²) in [7, 11) is 0. The van der Waals surface area contributed by atoms with E-state index in [1.165, 1.54) is 18.3 Å². The van der Waals surface area contributed by atoms with E-state index in [2.05, 4.69) is 15.6 Å². The number of carbonyl (C=O) groups excluding carboxylic acids is 1. The number of amides is 1. The van der Waals surface area contributed by atoms with Crippen LogP contribution in [0.4, 0.5) is 39.1 Å². The zero-order valence-corrected chi connectivity index (χ0v) is 13.4. The average Bonchev–Trinajstić information content (AvgIpc) is 2.66. The molecule has 0 saturated carbocycles. The first-order chi connectivity index (χ1) is 12.8. The summed E-state index contributed by atoms with van der Waals surface area (Å²) in [5, 5.41) is 4.89. The molecular formula is C18H10F5N3O. The van der Waals surface area contributed by atoms with E-state index >= 15 is 0 Å². The number of anilines is 3. The molecule has 138 valence electrons. The highest BCUT2D eigenvalue weighted by Crippen LogP contribution is 2.23. The maximum atomic E-state index is 13.6. The van der Waals surface area contributed by atoms with Gasteiger partial charge in [-0.2, -0.15) is 0 Å². The van der Waals surface area contributed by atoms with Crippen molar-refractivity contribution >= 4 is 23.1 Å². The maximum Gasteiger partial charge on any atom is 0.256 e. The minimum Gasteiger partial charge on any atom is -0.352 e. The van der Waals surface area contributed by atoms with E-state index in [1.54, 1.807) is 0 Å². The number of pyridine rings is 1. The number of benzene rings is 2. The number of nitrogens with one attached hydrogen (secondary N) is 2. The van der Waals surface area contributed by atoms with Gasteiger partial charge in [-0.05, 0) is 42.5 Å². The van der Waals surface area contributed by atoms with Gasteiger partial charge in [0.25, 0.3) is 5.91 Å². The molecule has 2 N–H and O–H groups in total. The fourth-order valence-electron chi connectivity index (χ4n) is 2.15. The molecule has 9 heteroatoms. The zero-order valence-electron chi connectivity index (χ0n) is 13.4. The molecule has 4 nitrogen and oxygen atoms in total. The summed E-state index contributed by atoms with van der Waals surface area (Å²) in [5.74, 6) is -7.18. The van der Waals surface area contributed by atoms with Crippen LogP contribution in [-0.4, -0.2) is 10.9 Å². The van der Waals surface area contributed by atoms with Gasteiger partial charge >= 0.3 is 0 Å². The smallest absolute Gasteiger partial charge is 0.256 e. The first-order valence-electron chi connectivity index (χ1n) is 7.48. The third-order valence-corrected chi connectivity index (χ3v) is 3.50. The van der Waals surface area contributed by atoms with Crippen molar-refractivity contribution in [2.24, 2.45) is 0 Å². The second kappa shape index (κ2) is 7.40. The minimum absolute atomic E-state index is 0.0843. The summed E-state index contributed by atoms with van der Waals surface area (Å²) in [4.78, 5) is 15.9. The highest BCUT2D eigenvalue weighted by molar-refractivity contribution is 6.03. The van der Waals surface area contributed by atoms with E-state index in [0.717, 1.165) is 30.3 Å². The minimum atomic E-state index is -1.61. The Morgan fingerprint density at radius 2 is 1.56 bits per heavy atom. The van der Waals surface area contributed by atoms with Crippen LogP contribution in [0.3, 0.4) is 0 Å². The van der Waals surface area contributed by atoms with E-state index in [-0.39, 0.29) is 22.8 Å². The van der Waals surface area contributed by atoms with Crippen LogP contribution in [0.5, 0.6) is 0 Å². The SMILES string of the molecule is O=C(Nc1ccc(Nc2ccc(F)c(F)c2F)cn1)c1ccc(F)c(F)c1. The maximum absolute atomic E-state index is 13.6. The molecular weight excluding hydrogens is 369 g/mol. The fourth-order valence-corrected chi connectivity index (χ4v) is 2.15. The molecule has 1 aromatic heterocycles. The molecule has 0 aliphatic carbocycles. The second-order valence-electron chi connectivity index (χ2n) is 5.36. The van der Waals surface area contributed by atoms with Crippen molar-refractivity contribution in [3.05, 3.63) is 83.3 Å². The first-order valence-corrected chi connectivity index (χ1v) is 7.48. The Labute approximate surface area is 149 Å². The van der Waals surface area contributed by atoms with E-state index < -0.39 is 35.0 Å². The molecule has 0 spiro atoms. The van der Waals surface area contributed by atoms with Crippen LogP contribution in [0, 0.1) is 29.1 Å². The van der Waals surface area contributed by atoms with Crippen molar-refractivity contribution < 1.29 is 26.7 Å². The predicted molar refractivity (Wildman–Crippen MR) is 88.1 cm³/mol. The average molecular weight is 379 g/mol. The molecule has 0 aliphatic rings. The van der Waals surface area contributed by atoms with Gasteiger partial charge in [-0.3, -0.25) is 4.79 Å². The Hall–Kier alpha value is -3.49. The summed E-state index contributed by atoms with van der Waals surface area (Å²) in [6.45, 7) is 0. The molecule has 0 unspecified atom stereocenters. The number of hydrogen-bond acceptors (Lipinski definition) is 3. The van der Waals surface area contributed by atoms with E-state index in [1.807, 2.05) is 0 Å².